The molecular formula is C21H24N2O3S. The number of amides is 1. The second-order valence-electron chi connectivity index (χ2n) is 6.75. The van der Waals surface area contributed by atoms with Gasteiger partial charge in [0.2, 0.25) is 10.0 Å². The molecule has 0 spiro atoms. The monoisotopic (exact) mass is 384 g/mol. The van der Waals surface area contributed by atoms with Crippen LogP contribution in [0.3, 0.4) is 0 Å². The van der Waals surface area contributed by atoms with Crippen LogP contribution in [-0.4, -0.2) is 49.7 Å². The molecule has 27 heavy (non-hydrogen) atoms. The molecule has 2 aromatic rings. The quantitative estimate of drug-likeness (QED) is 0.814. The van der Waals surface area contributed by atoms with Crippen LogP contribution < -0.4 is 0 Å². The van der Waals surface area contributed by atoms with Crippen LogP contribution in [0.5, 0.6) is 0 Å². The number of carbonyl (C=O) groups excluding carboxylic acids is 1. The van der Waals surface area contributed by atoms with Crippen molar-refractivity contribution in [2.24, 2.45) is 0 Å². The average Bonchev–Trinajstić information content (AvgIpc) is 2.69. The van der Waals surface area contributed by atoms with Crippen LogP contribution in [-0.2, 0) is 10.0 Å². The molecule has 0 aromatic heterocycles. The molecule has 1 saturated heterocycles. The van der Waals surface area contributed by atoms with Gasteiger partial charge in [-0.25, -0.2) is 8.42 Å². The van der Waals surface area contributed by atoms with E-state index in [1.807, 2.05) is 62.4 Å². The standard InChI is InChI=1S/C21H24N2O3S/c1-17-8-9-20(16-18(17)2)21(24)22-11-13-23(14-12-22)27(25,26)15-10-19-6-4-3-5-7-19/h3-10,15-16H,11-14H2,1-2H3. The molecule has 0 radical (unpaired) electrons. The number of sulfonamides is 1. The van der Waals surface area contributed by atoms with Gasteiger partial charge in [0.15, 0.2) is 0 Å². The van der Waals surface area contributed by atoms with Crippen LogP contribution in [0.2, 0.25) is 0 Å². The molecule has 2 aromatic carbocycles. The lowest BCUT2D eigenvalue weighted by molar-refractivity contribution is 0.0698. The molecule has 1 heterocycles. The first kappa shape index (κ1) is 19.3. The van der Waals surface area contributed by atoms with Crippen LogP contribution in [0.4, 0.5) is 0 Å². The molecule has 0 aliphatic carbocycles. The van der Waals surface area contributed by atoms with E-state index in [0.29, 0.717) is 31.7 Å². The molecule has 1 amide bonds. The molecule has 1 fully saturated rings. The third-order valence-corrected chi connectivity index (χ3v) is 6.44. The normalized spacial score (nSPS) is 16.0. The van der Waals surface area contributed by atoms with Crippen molar-refractivity contribution >= 4 is 22.0 Å². The largest absolute Gasteiger partial charge is 0.336 e. The van der Waals surface area contributed by atoms with E-state index < -0.39 is 10.0 Å². The SMILES string of the molecule is Cc1ccc(C(=O)N2CCN(S(=O)(=O)C=Cc3ccccc3)CC2)cc1C. The van der Waals surface area contributed by atoms with Gasteiger partial charge in [-0.15, -0.1) is 0 Å². The molecule has 1 aliphatic heterocycles. The third-order valence-electron chi connectivity index (χ3n) is 4.87. The molecule has 0 bridgehead atoms. The molecule has 0 atom stereocenters. The van der Waals surface area contributed by atoms with Gasteiger partial charge < -0.3 is 4.90 Å². The molecular weight excluding hydrogens is 360 g/mol. The molecule has 3 rings (SSSR count). The zero-order valence-electron chi connectivity index (χ0n) is 15.6. The van der Waals surface area contributed by atoms with Crippen molar-refractivity contribution in [2.45, 2.75) is 13.8 Å². The second kappa shape index (κ2) is 8.06. The van der Waals surface area contributed by atoms with Crippen molar-refractivity contribution in [1.29, 1.82) is 0 Å². The van der Waals surface area contributed by atoms with Gasteiger partial charge in [-0.1, -0.05) is 36.4 Å². The number of rotatable bonds is 4. The van der Waals surface area contributed by atoms with Gasteiger partial charge in [-0.05, 0) is 48.7 Å². The Balaban J connectivity index is 1.63. The first-order valence-corrected chi connectivity index (χ1v) is 10.5. The Morgan fingerprint density at radius 1 is 0.926 bits per heavy atom. The molecule has 6 heteroatoms. The highest BCUT2D eigenvalue weighted by Gasteiger charge is 2.27. The van der Waals surface area contributed by atoms with Crippen LogP contribution in [0.1, 0.15) is 27.0 Å². The second-order valence-corrected chi connectivity index (χ2v) is 8.57. The molecule has 142 valence electrons. The highest BCUT2D eigenvalue weighted by molar-refractivity contribution is 7.92. The Morgan fingerprint density at radius 3 is 2.22 bits per heavy atom. The number of aryl methyl sites for hydroxylation is 2. The van der Waals surface area contributed by atoms with Crippen LogP contribution >= 0.6 is 0 Å². The molecule has 0 N–H and O–H groups in total. The van der Waals surface area contributed by atoms with Crippen molar-refractivity contribution in [3.8, 4) is 0 Å². The lowest BCUT2D eigenvalue weighted by atomic mass is 10.1. The maximum atomic E-state index is 12.7. The molecule has 5 nitrogen and oxygen atoms in total. The van der Waals surface area contributed by atoms with Gasteiger partial charge in [0.25, 0.3) is 5.91 Å². The topological polar surface area (TPSA) is 57.7 Å². The predicted molar refractivity (Wildman–Crippen MR) is 108 cm³/mol. The highest BCUT2D eigenvalue weighted by atomic mass is 32.2. The smallest absolute Gasteiger partial charge is 0.253 e. The number of carbonyl (C=O) groups is 1. The zero-order chi connectivity index (χ0) is 19.4. The van der Waals surface area contributed by atoms with Crippen molar-refractivity contribution in [1.82, 2.24) is 9.21 Å². The Hall–Kier alpha value is -2.44. The summed E-state index contributed by atoms with van der Waals surface area (Å²) in [6.07, 6.45) is 1.60. The van der Waals surface area contributed by atoms with E-state index in [1.54, 1.807) is 11.0 Å². The third kappa shape index (κ3) is 4.64. The number of benzene rings is 2. The van der Waals surface area contributed by atoms with Crippen molar-refractivity contribution in [2.75, 3.05) is 26.2 Å². The minimum Gasteiger partial charge on any atom is -0.336 e. The van der Waals surface area contributed by atoms with Gasteiger partial charge in [0.1, 0.15) is 0 Å². The van der Waals surface area contributed by atoms with Crippen molar-refractivity contribution in [3.05, 3.63) is 76.2 Å². The highest BCUT2D eigenvalue weighted by Crippen LogP contribution is 2.16. The van der Waals surface area contributed by atoms with Crippen molar-refractivity contribution in [3.63, 3.8) is 0 Å². The first-order valence-electron chi connectivity index (χ1n) is 8.96. The maximum Gasteiger partial charge on any atom is 0.253 e. The summed E-state index contributed by atoms with van der Waals surface area (Å²) >= 11 is 0. The Kier molecular flexibility index (Phi) is 5.77. The van der Waals surface area contributed by atoms with Crippen LogP contribution in [0.15, 0.2) is 53.9 Å². The fourth-order valence-corrected chi connectivity index (χ4v) is 4.19. The van der Waals surface area contributed by atoms with E-state index in [-0.39, 0.29) is 5.91 Å². The van der Waals surface area contributed by atoms with Gasteiger partial charge >= 0.3 is 0 Å². The van der Waals surface area contributed by atoms with Gasteiger partial charge in [-0.3, -0.25) is 4.79 Å². The lowest BCUT2D eigenvalue weighted by Gasteiger charge is -2.33. The maximum absolute atomic E-state index is 12.7. The fraction of sp³-hybridized carbons (Fsp3) is 0.286. The summed E-state index contributed by atoms with van der Waals surface area (Å²) in [6, 6.07) is 15.0. The Labute approximate surface area is 161 Å². The Bertz CT molecular complexity index is 945. The minimum absolute atomic E-state index is 0.0463. The van der Waals surface area contributed by atoms with E-state index in [9.17, 15) is 13.2 Å². The van der Waals surface area contributed by atoms with E-state index in [1.165, 1.54) is 9.71 Å². The van der Waals surface area contributed by atoms with E-state index in [2.05, 4.69) is 0 Å². The van der Waals surface area contributed by atoms with Gasteiger partial charge in [-0.2, -0.15) is 4.31 Å². The van der Waals surface area contributed by atoms with Crippen LogP contribution in [0.25, 0.3) is 6.08 Å². The lowest BCUT2D eigenvalue weighted by Crippen LogP contribution is -2.50. The summed E-state index contributed by atoms with van der Waals surface area (Å²) in [6.45, 7) is 5.39. The van der Waals surface area contributed by atoms with Gasteiger partial charge in [0, 0.05) is 37.2 Å². The van der Waals surface area contributed by atoms with E-state index in [0.717, 1.165) is 16.7 Å². The van der Waals surface area contributed by atoms with E-state index in [4.69, 9.17) is 0 Å². The zero-order valence-corrected chi connectivity index (χ0v) is 16.4. The first-order chi connectivity index (χ1) is 12.9. The van der Waals surface area contributed by atoms with E-state index >= 15 is 0 Å². The fourth-order valence-electron chi connectivity index (χ4n) is 3.02. The summed E-state index contributed by atoms with van der Waals surface area (Å²) in [7, 11) is -3.49. The average molecular weight is 385 g/mol. The van der Waals surface area contributed by atoms with Crippen molar-refractivity contribution < 1.29 is 13.2 Å². The summed E-state index contributed by atoms with van der Waals surface area (Å²) in [5, 5.41) is 1.24. The number of hydrogen-bond acceptors (Lipinski definition) is 3. The number of nitrogens with zero attached hydrogens (tertiary/aromatic N) is 2. The summed E-state index contributed by atoms with van der Waals surface area (Å²) in [5.74, 6) is -0.0463. The minimum atomic E-state index is -3.49. The van der Waals surface area contributed by atoms with Crippen LogP contribution in [0, 0.1) is 13.8 Å². The van der Waals surface area contributed by atoms with Gasteiger partial charge in [0.05, 0.1) is 0 Å². The number of piperazine rings is 1. The summed E-state index contributed by atoms with van der Waals surface area (Å²) in [4.78, 5) is 14.4. The predicted octanol–water partition coefficient (Wildman–Crippen LogP) is 3.06. The number of hydrogen-bond donors (Lipinski definition) is 0. The summed E-state index contributed by atoms with van der Waals surface area (Å²) < 4.78 is 26.5. The molecule has 1 aliphatic rings. The summed E-state index contributed by atoms with van der Waals surface area (Å²) in [5.41, 5.74) is 3.71. The molecule has 0 unspecified atom stereocenters. The molecule has 0 saturated carbocycles. The Morgan fingerprint density at radius 2 is 1.59 bits per heavy atom.